The molecule has 0 spiro atoms. The first-order valence-corrected chi connectivity index (χ1v) is 9.42. The van der Waals surface area contributed by atoms with Crippen molar-refractivity contribution in [3.8, 4) is 0 Å². The summed E-state index contributed by atoms with van der Waals surface area (Å²) in [6.45, 7) is 0.490. The molecule has 0 aromatic carbocycles. The lowest BCUT2D eigenvalue weighted by Gasteiger charge is -2.26. The fraction of sp³-hybridized carbons (Fsp3) is 0.400. The second-order valence-electron chi connectivity index (χ2n) is 5.24. The van der Waals surface area contributed by atoms with Gasteiger partial charge in [-0.15, -0.1) is 11.3 Å². The summed E-state index contributed by atoms with van der Waals surface area (Å²) < 4.78 is 33.1. The zero-order valence-electron chi connectivity index (χ0n) is 12.3. The number of methoxy groups -OCH3 is 1. The lowest BCUT2D eigenvalue weighted by Crippen LogP contribution is -2.41. The molecule has 3 heterocycles. The summed E-state index contributed by atoms with van der Waals surface area (Å²) in [5.74, 6) is 0. The first-order chi connectivity index (χ1) is 10.6. The smallest absolute Gasteiger partial charge is 0.252 e. The molecule has 0 bridgehead atoms. The Morgan fingerprint density at radius 3 is 2.91 bits per heavy atom. The maximum Gasteiger partial charge on any atom is 0.252 e. The number of hydrogen-bond acceptors (Lipinski definition) is 5. The second kappa shape index (κ2) is 6.45. The number of sulfonamides is 1. The molecular formula is C15H18N2O3S2. The van der Waals surface area contributed by atoms with Gasteiger partial charge in [0.1, 0.15) is 4.21 Å². The molecule has 118 valence electrons. The Morgan fingerprint density at radius 2 is 2.27 bits per heavy atom. The zero-order chi connectivity index (χ0) is 15.6. The normalized spacial score (nSPS) is 23.0. The van der Waals surface area contributed by atoms with Crippen LogP contribution in [0.3, 0.4) is 0 Å². The van der Waals surface area contributed by atoms with E-state index in [-0.39, 0.29) is 12.1 Å². The maximum absolute atomic E-state index is 12.8. The van der Waals surface area contributed by atoms with Crippen molar-refractivity contribution in [1.29, 1.82) is 0 Å². The Bertz CT molecular complexity index is 702. The van der Waals surface area contributed by atoms with Crippen molar-refractivity contribution in [2.75, 3.05) is 13.7 Å². The summed E-state index contributed by atoms with van der Waals surface area (Å²) in [6, 6.07) is 7.05. The summed E-state index contributed by atoms with van der Waals surface area (Å²) in [6.07, 6.45) is 4.73. The highest BCUT2D eigenvalue weighted by Gasteiger charge is 2.42. The predicted octanol–water partition coefficient (Wildman–Crippen LogP) is 2.16. The second-order valence-corrected chi connectivity index (χ2v) is 8.31. The first kappa shape index (κ1) is 15.6. The van der Waals surface area contributed by atoms with Gasteiger partial charge < -0.3 is 4.74 Å². The third kappa shape index (κ3) is 2.94. The zero-order valence-corrected chi connectivity index (χ0v) is 13.9. The molecule has 3 rings (SSSR count). The topological polar surface area (TPSA) is 59.5 Å². The highest BCUT2D eigenvalue weighted by atomic mass is 32.2. The van der Waals surface area contributed by atoms with E-state index >= 15 is 0 Å². The molecule has 0 radical (unpaired) electrons. The molecule has 0 aliphatic carbocycles. The molecular weight excluding hydrogens is 320 g/mol. The Morgan fingerprint density at radius 1 is 1.41 bits per heavy atom. The van der Waals surface area contributed by atoms with Crippen LogP contribution in [-0.4, -0.2) is 43.5 Å². The summed E-state index contributed by atoms with van der Waals surface area (Å²) in [4.78, 5) is 4.11. The van der Waals surface area contributed by atoms with Crippen molar-refractivity contribution < 1.29 is 13.2 Å². The third-order valence-electron chi connectivity index (χ3n) is 3.96. The first-order valence-electron chi connectivity index (χ1n) is 7.10. The number of thiophene rings is 1. The maximum atomic E-state index is 12.8. The average molecular weight is 338 g/mol. The van der Waals surface area contributed by atoms with Crippen molar-refractivity contribution in [3.63, 3.8) is 0 Å². The van der Waals surface area contributed by atoms with Gasteiger partial charge in [-0.3, -0.25) is 4.98 Å². The number of rotatable bonds is 5. The summed E-state index contributed by atoms with van der Waals surface area (Å²) in [7, 11) is -1.82. The SMILES string of the molecule is CO[C@@H]1CCN(S(=O)(=O)c2cccs2)[C@@H]1Cc1cccnc1. The van der Waals surface area contributed by atoms with Crippen LogP contribution in [0.5, 0.6) is 0 Å². The molecule has 0 N–H and O–H groups in total. The van der Waals surface area contributed by atoms with E-state index in [1.807, 2.05) is 12.1 Å². The molecule has 0 saturated carbocycles. The van der Waals surface area contributed by atoms with Crippen molar-refractivity contribution in [1.82, 2.24) is 9.29 Å². The molecule has 2 aromatic rings. The van der Waals surface area contributed by atoms with Gasteiger partial charge in [0.05, 0.1) is 12.1 Å². The van der Waals surface area contributed by atoms with Crippen LogP contribution < -0.4 is 0 Å². The Balaban J connectivity index is 1.90. The van der Waals surface area contributed by atoms with E-state index in [0.717, 1.165) is 5.56 Å². The third-order valence-corrected chi connectivity index (χ3v) is 7.26. The summed E-state index contributed by atoms with van der Waals surface area (Å²) >= 11 is 1.25. The van der Waals surface area contributed by atoms with Crippen LogP contribution >= 0.6 is 11.3 Å². The highest BCUT2D eigenvalue weighted by Crippen LogP contribution is 2.31. The molecule has 1 aliphatic heterocycles. The fourth-order valence-electron chi connectivity index (χ4n) is 2.89. The summed E-state index contributed by atoms with van der Waals surface area (Å²) in [5, 5.41) is 1.78. The molecule has 1 fully saturated rings. The number of hydrogen-bond donors (Lipinski definition) is 0. The largest absolute Gasteiger partial charge is 0.380 e. The number of nitrogens with zero attached hydrogens (tertiary/aromatic N) is 2. The monoisotopic (exact) mass is 338 g/mol. The van der Waals surface area contributed by atoms with Crippen molar-refractivity contribution in [3.05, 3.63) is 47.6 Å². The van der Waals surface area contributed by atoms with E-state index in [2.05, 4.69) is 4.98 Å². The molecule has 2 atom stereocenters. The minimum atomic E-state index is -3.46. The van der Waals surface area contributed by atoms with Gasteiger partial charge in [-0.25, -0.2) is 8.42 Å². The van der Waals surface area contributed by atoms with Gasteiger partial charge in [-0.1, -0.05) is 12.1 Å². The molecule has 0 amide bonds. The van der Waals surface area contributed by atoms with Gasteiger partial charge in [-0.05, 0) is 35.9 Å². The minimum Gasteiger partial charge on any atom is -0.380 e. The Kier molecular flexibility index (Phi) is 4.58. The Hall–Kier alpha value is -1.28. The molecule has 5 nitrogen and oxygen atoms in total. The van der Waals surface area contributed by atoms with Crippen LogP contribution in [0.15, 0.2) is 46.2 Å². The summed E-state index contributed by atoms with van der Waals surface area (Å²) in [5.41, 5.74) is 1.02. The van der Waals surface area contributed by atoms with E-state index in [1.165, 1.54) is 11.3 Å². The van der Waals surface area contributed by atoms with E-state index in [0.29, 0.717) is 23.6 Å². The molecule has 1 saturated heterocycles. The van der Waals surface area contributed by atoms with Gasteiger partial charge in [0.2, 0.25) is 0 Å². The van der Waals surface area contributed by atoms with Crippen LogP contribution in [-0.2, 0) is 21.2 Å². The van der Waals surface area contributed by atoms with Crippen LogP contribution in [0.4, 0.5) is 0 Å². The number of ether oxygens (including phenoxy) is 1. The van der Waals surface area contributed by atoms with E-state index < -0.39 is 10.0 Å². The van der Waals surface area contributed by atoms with Crippen LogP contribution in [0, 0.1) is 0 Å². The van der Waals surface area contributed by atoms with Gasteiger partial charge in [0.15, 0.2) is 0 Å². The van der Waals surface area contributed by atoms with Gasteiger partial charge in [0.25, 0.3) is 10.0 Å². The van der Waals surface area contributed by atoms with Gasteiger partial charge in [-0.2, -0.15) is 4.31 Å². The quantitative estimate of drug-likeness (QED) is 0.838. The molecule has 1 aliphatic rings. The standard InChI is InChI=1S/C15H18N2O3S2/c1-20-14-6-8-17(22(18,19)15-5-3-9-21-15)13(14)10-12-4-2-7-16-11-12/h2-5,7,9,11,13-14H,6,8,10H2,1H3/t13-,14-/m1/s1. The molecule has 2 aromatic heterocycles. The average Bonchev–Trinajstić information content (AvgIpc) is 3.18. The van der Waals surface area contributed by atoms with Gasteiger partial charge >= 0.3 is 0 Å². The van der Waals surface area contributed by atoms with E-state index in [9.17, 15) is 8.42 Å². The van der Waals surface area contributed by atoms with Crippen LogP contribution in [0.2, 0.25) is 0 Å². The number of pyridine rings is 1. The van der Waals surface area contributed by atoms with Crippen molar-refractivity contribution >= 4 is 21.4 Å². The van der Waals surface area contributed by atoms with E-state index in [4.69, 9.17) is 4.74 Å². The minimum absolute atomic E-state index is 0.0880. The molecule has 22 heavy (non-hydrogen) atoms. The Labute approximate surface area is 134 Å². The lowest BCUT2D eigenvalue weighted by atomic mass is 10.0. The van der Waals surface area contributed by atoms with Gasteiger partial charge in [0, 0.05) is 26.0 Å². The number of aromatic nitrogens is 1. The van der Waals surface area contributed by atoms with Crippen molar-refractivity contribution in [2.24, 2.45) is 0 Å². The van der Waals surface area contributed by atoms with Crippen LogP contribution in [0.25, 0.3) is 0 Å². The fourth-order valence-corrected chi connectivity index (χ4v) is 5.67. The predicted molar refractivity (Wildman–Crippen MR) is 85.4 cm³/mol. The molecule has 7 heteroatoms. The molecule has 0 unspecified atom stereocenters. The van der Waals surface area contributed by atoms with E-state index in [1.54, 1.807) is 41.3 Å². The van der Waals surface area contributed by atoms with Crippen molar-refractivity contribution in [2.45, 2.75) is 29.2 Å². The lowest BCUT2D eigenvalue weighted by molar-refractivity contribution is 0.0810. The van der Waals surface area contributed by atoms with Crippen LogP contribution in [0.1, 0.15) is 12.0 Å². The highest BCUT2D eigenvalue weighted by molar-refractivity contribution is 7.91.